The van der Waals surface area contributed by atoms with Crippen molar-refractivity contribution in [1.82, 2.24) is 15.1 Å². The summed E-state index contributed by atoms with van der Waals surface area (Å²) in [6, 6.07) is 1.04. The lowest BCUT2D eigenvalue weighted by Gasteiger charge is -2.41. The lowest BCUT2D eigenvalue weighted by atomic mass is 9.91. The average Bonchev–Trinajstić information content (AvgIpc) is 2.96. The molecule has 116 valence electrons. The molecule has 4 nitrogen and oxygen atoms in total. The molecule has 1 amide bonds. The summed E-state index contributed by atoms with van der Waals surface area (Å²) in [5.41, 5.74) is -0.274. The Kier molecular flexibility index (Phi) is 5.08. The molecule has 2 aliphatic heterocycles. The van der Waals surface area contributed by atoms with E-state index in [-0.39, 0.29) is 5.54 Å². The van der Waals surface area contributed by atoms with Crippen molar-refractivity contribution in [2.24, 2.45) is 0 Å². The zero-order chi connectivity index (χ0) is 14.8. The first-order valence-electron chi connectivity index (χ1n) is 8.26. The van der Waals surface area contributed by atoms with Crippen LogP contribution in [0, 0.1) is 0 Å². The minimum atomic E-state index is -0.274. The quantitative estimate of drug-likeness (QED) is 0.854. The largest absolute Gasteiger partial charge is 0.341 e. The van der Waals surface area contributed by atoms with Crippen molar-refractivity contribution in [3.05, 3.63) is 0 Å². The minimum absolute atomic E-state index is 0.274. The van der Waals surface area contributed by atoms with Crippen molar-refractivity contribution >= 4 is 5.91 Å². The summed E-state index contributed by atoms with van der Waals surface area (Å²) in [4.78, 5) is 17.4. The molecule has 2 fully saturated rings. The predicted molar refractivity (Wildman–Crippen MR) is 82.8 cm³/mol. The normalized spacial score (nSPS) is 29.1. The van der Waals surface area contributed by atoms with E-state index in [2.05, 4.69) is 31.0 Å². The van der Waals surface area contributed by atoms with Crippen molar-refractivity contribution < 1.29 is 4.79 Å². The topological polar surface area (TPSA) is 35.6 Å². The van der Waals surface area contributed by atoms with Gasteiger partial charge in [-0.05, 0) is 52.5 Å². The van der Waals surface area contributed by atoms with Gasteiger partial charge in [-0.15, -0.1) is 0 Å². The highest BCUT2D eigenvalue weighted by atomic mass is 16.2. The standard InChI is InChI=1S/C16H31N3O/c1-5-16(9-6-10-17-16)15(20)18(4)14-7-11-19(12-8-14)13(2)3/h13-14,17H,5-12H2,1-4H3. The van der Waals surface area contributed by atoms with E-state index in [1.54, 1.807) is 0 Å². The molecule has 1 unspecified atom stereocenters. The highest BCUT2D eigenvalue weighted by Crippen LogP contribution is 2.27. The molecule has 0 spiro atoms. The smallest absolute Gasteiger partial charge is 0.242 e. The molecule has 4 heteroatoms. The molecule has 2 rings (SSSR count). The van der Waals surface area contributed by atoms with Crippen LogP contribution in [-0.2, 0) is 4.79 Å². The molecule has 0 aromatic carbocycles. The molecule has 0 saturated carbocycles. The molecule has 20 heavy (non-hydrogen) atoms. The Morgan fingerprint density at radius 3 is 2.50 bits per heavy atom. The summed E-state index contributed by atoms with van der Waals surface area (Å²) >= 11 is 0. The SMILES string of the molecule is CCC1(C(=O)N(C)C2CCN(C(C)C)CC2)CCCN1. The number of likely N-dealkylation sites (N-methyl/N-ethyl adjacent to an activating group) is 1. The number of carbonyl (C=O) groups is 1. The van der Waals surface area contributed by atoms with E-state index >= 15 is 0 Å². The van der Waals surface area contributed by atoms with E-state index in [0.717, 1.165) is 51.7 Å². The highest BCUT2D eigenvalue weighted by molar-refractivity contribution is 5.86. The maximum atomic E-state index is 12.9. The molecule has 0 aromatic heterocycles. The van der Waals surface area contributed by atoms with Crippen molar-refractivity contribution in [3.63, 3.8) is 0 Å². The second kappa shape index (κ2) is 6.44. The van der Waals surface area contributed by atoms with Gasteiger partial charge in [0, 0.05) is 32.2 Å². The summed E-state index contributed by atoms with van der Waals surface area (Å²) in [6.45, 7) is 9.86. The van der Waals surface area contributed by atoms with Crippen LogP contribution in [0.2, 0.25) is 0 Å². The Morgan fingerprint density at radius 1 is 1.40 bits per heavy atom. The summed E-state index contributed by atoms with van der Waals surface area (Å²) < 4.78 is 0. The van der Waals surface area contributed by atoms with Crippen LogP contribution in [0.3, 0.4) is 0 Å². The zero-order valence-corrected chi connectivity index (χ0v) is 13.6. The third kappa shape index (κ3) is 3.01. The number of rotatable bonds is 4. The lowest BCUT2D eigenvalue weighted by Crippen LogP contribution is -2.57. The molecule has 2 heterocycles. The van der Waals surface area contributed by atoms with Gasteiger partial charge in [0.15, 0.2) is 0 Å². The van der Waals surface area contributed by atoms with Gasteiger partial charge in [-0.1, -0.05) is 6.92 Å². The number of hydrogen-bond donors (Lipinski definition) is 1. The third-order valence-electron chi connectivity index (χ3n) is 5.35. The Bertz CT molecular complexity index is 329. The van der Waals surface area contributed by atoms with Crippen molar-refractivity contribution in [1.29, 1.82) is 0 Å². The number of amides is 1. The van der Waals surface area contributed by atoms with Gasteiger partial charge in [0.1, 0.15) is 0 Å². The van der Waals surface area contributed by atoms with Crippen LogP contribution < -0.4 is 5.32 Å². The van der Waals surface area contributed by atoms with Gasteiger partial charge < -0.3 is 15.1 Å². The summed E-state index contributed by atoms with van der Waals surface area (Å²) in [7, 11) is 2.01. The van der Waals surface area contributed by atoms with Crippen LogP contribution in [-0.4, -0.2) is 60.0 Å². The first-order chi connectivity index (χ1) is 9.50. The number of carbonyl (C=O) groups excluding carboxylic acids is 1. The first-order valence-corrected chi connectivity index (χ1v) is 8.26. The Morgan fingerprint density at radius 2 is 2.05 bits per heavy atom. The third-order valence-corrected chi connectivity index (χ3v) is 5.35. The van der Waals surface area contributed by atoms with Crippen molar-refractivity contribution in [2.45, 2.75) is 70.5 Å². The van der Waals surface area contributed by atoms with E-state index < -0.39 is 0 Å². The van der Waals surface area contributed by atoms with Gasteiger partial charge in [-0.2, -0.15) is 0 Å². The molecule has 0 aliphatic carbocycles. The van der Waals surface area contributed by atoms with E-state index in [1.165, 1.54) is 0 Å². The van der Waals surface area contributed by atoms with E-state index in [0.29, 0.717) is 18.0 Å². The van der Waals surface area contributed by atoms with Crippen molar-refractivity contribution in [2.75, 3.05) is 26.7 Å². The fourth-order valence-electron chi connectivity index (χ4n) is 3.73. The molecular formula is C16H31N3O. The molecule has 0 radical (unpaired) electrons. The van der Waals surface area contributed by atoms with Crippen LogP contribution in [0.4, 0.5) is 0 Å². The maximum absolute atomic E-state index is 12.9. The number of hydrogen-bond acceptors (Lipinski definition) is 3. The van der Waals surface area contributed by atoms with Gasteiger partial charge in [-0.3, -0.25) is 4.79 Å². The van der Waals surface area contributed by atoms with Crippen LogP contribution in [0.15, 0.2) is 0 Å². The molecule has 0 bridgehead atoms. The molecule has 2 aliphatic rings. The first kappa shape index (κ1) is 15.8. The van der Waals surface area contributed by atoms with E-state index in [9.17, 15) is 4.79 Å². The van der Waals surface area contributed by atoms with Crippen LogP contribution >= 0.6 is 0 Å². The number of nitrogens with zero attached hydrogens (tertiary/aromatic N) is 2. The fraction of sp³-hybridized carbons (Fsp3) is 0.938. The second-order valence-corrected chi connectivity index (χ2v) is 6.74. The second-order valence-electron chi connectivity index (χ2n) is 6.74. The summed E-state index contributed by atoms with van der Waals surface area (Å²) in [5, 5.41) is 3.46. The number of piperidine rings is 1. The van der Waals surface area contributed by atoms with Gasteiger partial charge in [-0.25, -0.2) is 0 Å². The number of likely N-dealkylation sites (tertiary alicyclic amines) is 1. The highest BCUT2D eigenvalue weighted by Gasteiger charge is 2.42. The molecule has 0 aromatic rings. The maximum Gasteiger partial charge on any atom is 0.242 e. The van der Waals surface area contributed by atoms with Crippen LogP contribution in [0.25, 0.3) is 0 Å². The van der Waals surface area contributed by atoms with Crippen molar-refractivity contribution in [3.8, 4) is 0 Å². The number of nitrogens with one attached hydrogen (secondary N) is 1. The van der Waals surface area contributed by atoms with Gasteiger partial charge in [0.05, 0.1) is 5.54 Å². The lowest BCUT2D eigenvalue weighted by molar-refractivity contribution is -0.139. The van der Waals surface area contributed by atoms with Gasteiger partial charge in [0.25, 0.3) is 0 Å². The Balaban J connectivity index is 1.94. The van der Waals surface area contributed by atoms with E-state index in [4.69, 9.17) is 0 Å². The fourth-order valence-corrected chi connectivity index (χ4v) is 3.73. The summed E-state index contributed by atoms with van der Waals surface area (Å²) in [5.74, 6) is 0.320. The summed E-state index contributed by atoms with van der Waals surface area (Å²) in [6.07, 6.45) is 5.25. The molecule has 2 saturated heterocycles. The average molecular weight is 281 g/mol. The molecular weight excluding hydrogens is 250 g/mol. The van der Waals surface area contributed by atoms with E-state index in [1.807, 2.05) is 11.9 Å². The molecule has 1 atom stereocenters. The molecule has 1 N–H and O–H groups in total. The monoisotopic (exact) mass is 281 g/mol. The van der Waals surface area contributed by atoms with Gasteiger partial charge in [0.2, 0.25) is 5.91 Å². The van der Waals surface area contributed by atoms with Gasteiger partial charge >= 0.3 is 0 Å². The van der Waals surface area contributed by atoms with Crippen LogP contribution in [0.5, 0.6) is 0 Å². The van der Waals surface area contributed by atoms with Crippen LogP contribution in [0.1, 0.15) is 52.9 Å². The zero-order valence-electron chi connectivity index (χ0n) is 13.6. The Hall–Kier alpha value is -0.610. The predicted octanol–water partition coefficient (Wildman–Crippen LogP) is 1.85. The Labute approximate surface area is 123 Å². The minimum Gasteiger partial charge on any atom is -0.341 e.